The Morgan fingerprint density at radius 2 is 1.88 bits per heavy atom. The van der Waals surface area contributed by atoms with Gasteiger partial charge in [0.05, 0.1) is 22.8 Å². The summed E-state index contributed by atoms with van der Waals surface area (Å²) in [6.45, 7) is 2.86. The molecule has 6 nitrogen and oxygen atoms in total. The lowest BCUT2D eigenvalue weighted by Gasteiger charge is -2.19. The smallest absolute Gasteiger partial charge is 0.338 e. The highest BCUT2D eigenvalue weighted by Gasteiger charge is 2.19. The average molecular weight is 362 g/mol. The van der Waals surface area contributed by atoms with Gasteiger partial charge < -0.3 is 19.5 Å². The molecule has 0 unspecified atom stereocenters. The normalized spacial score (nSPS) is 12.4. The molecule has 1 aliphatic rings. The predicted octanol–water partition coefficient (Wildman–Crippen LogP) is 3.54. The highest BCUT2D eigenvalue weighted by atomic mass is 35.5. The molecule has 0 bridgehead atoms. The van der Waals surface area contributed by atoms with Crippen LogP contribution in [0.5, 0.6) is 11.5 Å². The van der Waals surface area contributed by atoms with Crippen LogP contribution in [0.1, 0.15) is 27.6 Å². The Morgan fingerprint density at radius 1 is 1.16 bits per heavy atom. The third kappa shape index (κ3) is 3.85. The molecule has 130 valence electrons. The zero-order chi connectivity index (χ0) is 17.8. The molecule has 0 fully saturated rings. The number of fused-ring (bicyclic) bond motifs is 1. The number of nitrogens with one attached hydrogen (secondary N) is 1. The van der Waals surface area contributed by atoms with Crippen molar-refractivity contribution in [3.8, 4) is 11.5 Å². The molecule has 1 amide bonds. The summed E-state index contributed by atoms with van der Waals surface area (Å²) in [5.41, 5.74) is 1.07. The van der Waals surface area contributed by atoms with Gasteiger partial charge in [0.2, 0.25) is 0 Å². The van der Waals surface area contributed by atoms with E-state index in [1.165, 1.54) is 0 Å². The maximum Gasteiger partial charge on any atom is 0.338 e. The molecule has 2 aromatic carbocycles. The van der Waals surface area contributed by atoms with Crippen molar-refractivity contribution in [1.82, 2.24) is 0 Å². The number of amides is 1. The van der Waals surface area contributed by atoms with Crippen LogP contribution in [0.4, 0.5) is 5.69 Å². The third-order valence-corrected chi connectivity index (χ3v) is 3.82. The van der Waals surface area contributed by atoms with E-state index in [0.717, 1.165) is 0 Å². The van der Waals surface area contributed by atoms with Gasteiger partial charge in [-0.15, -0.1) is 0 Å². The fraction of sp³-hybridized carbons (Fsp3) is 0.222. The number of rotatable bonds is 4. The molecular formula is C18H16ClNO5. The van der Waals surface area contributed by atoms with Crippen LogP contribution >= 0.6 is 11.6 Å². The Hall–Kier alpha value is -2.73. The quantitative estimate of drug-likeness (QED) is 0.843. The predicted molar refractivity (Wildman–Crippen MR) is 92.8 cm³/mol. The molecule has 0 atom stereocenters. The summed E-state index contributed by atoms with van der Waals surface area (Å²) < 4.78 is 15.9. The van der Waals surface area contributed by atoms with Gasteiger partial charge in [0.1, 0.15) is 13.2 Å². The van der Waals surface area contributed by atoms with E-state index in [1.807, 2.05) is 0 Å². The Balaban J connectivity index is 1.81. The molecule has 3 rings (SSSR count). The molecule has 2 aromatic rings. The minimum Gasteiger partial charge on any atom is -0.486 e. The Kier molecular flexibility index (Phi) is 5.09. The largest absolute Gasteiger partial charge is 0.486 e. The van der Waals surface area contributed by atoms with Gasteiger partial charge >= 0.3 is 5.97 Å². The van der Waals surface area contributed by atoms with Crippen molar-refractivity contribution in [2.75, 3.05) is 25.1 Å². The molecule has 0 aromatic heterocycles. The summed E-state index contributed by atoms with van der Waals surface area (Å²) >= 11 is 6.17. The zero-order valence-electron chi connectivity index (χ0n) is 13.5. The lowest BCUT2D eigenvalue weighted by atomic mass is 10.1. The van der Waals surface area contributed by atoms with E-state index in [0.29, 0.717) is 36.0 Å². The van der Waals surface area contributed by atoms with Gasteiger partial charge in [-0.25, -0.2) is 4.79 Å². The topological polar surface area (TPSA) is 73.9 Å². The van der Waals surface area contributed by atoms with Gasteiger partial charge in [0.15, 0.2) is 11.5 Å². The first-order valence-corrected chi connectivity index (χ1v) is 8.14. The second kappa shape index (κ2) is 7.44. The van der Waals surface area contributed by atoms with E-state index >= 15 is 0 Å². The lowest BCUT2D eigenvalue weighted by Crippen LogP contribution is -2.18. The molecule has 0 aliphatic carbocycles. The third-order valence-electron chi connectivity index (χ3n) is 3.51. The summed E-state index contributed by atoms with van der Waals surface area (Å²) in [5, 5.41) is 2.97. The van der Waals surface area contributed by atoms with Crippen LogP contribution in [-0.2, 0) is 4.74 Å². The number of ether oxygens (including phenoxy) is 3. The summed E-state index contributed by atoms with van der Waals surface area (Å²) in [5.74, 6) is 0.122. The molecular weight excluding hydrogens is 346 g/mol. The summed E-state index contributed by atoms with van der Waals surface area (Å²) in [7, 11) is 0. The van der Waals surface area contributed by atoms with Crippen molar-refractivity contribution in [1.29, 1.82) is 0 Å². The van der Waals surface area contributed by atoms with Crippen molar-refractivity contribution in [3.63, 3.8) is 0 Å². The summed E-state index contributed by atoms with van der Waals surface area (Å²) in [6.07, 6.45) is 0. The molecule has 7 heteroatoms. The van der Waals surface area contributed by atoms with Gasteiger partial charge in [-0.2, -0.15) is 0 Å². The second-order valence-corrected chi connectivity index (χ2v) is 5.64. The van der Waals surface area contributed by atoms with E-state index in [1.54, 1.807) is 43.3 Å². The number of benzene rings is 2. The van der Waals surface area contributed by atoms with Gasteiger partial charge in [-0.05, 0) is 31.2 Å². The molecule has 0 spiro atoms. The van der Waals surface area contributed by atoms with E-state index < -0.39 is 11.9 Å². The molecule has 0 radical (unpaired) electrons. The average Bonchev–Trinajstić information content (AvgIpc) is 2.61. The van der Waals surface area contributed by atoms with E-state index in [2.05, 4.69) is 5.32 Å². The summed E-state index contributed by atoms with van der Waals surface area (Å²) in [6, 6.07) is 9.59. The first-order chi connectivity index (χ1) is 12.1. The molecule has 0 saturated carbocycles. The monoisotopic (exact) mass is 361 g/mol. The number of carbonyl (C=O) groups excluding carboxylic acids is 2. The fourth-order valence-electron chi connectivity index (χ4n) is 2.37. The first-order valence-electron chi connectivity index (χ1n) is 7.76. The Bertz CT molecular complexity index is 821. The Labute approximate surface area is 149 Å². The highest BCUT2D eigenvalue weighted by Crippen LogP contribution is 2.35. The number of halogens is 1. The van der Waals surface area contributed by atoms with Crippen molar-refractivity contribution in [2.24, 2.45) is 0 Å². The Morgan fingerprint density at radius 3 is 2.60 bits per heavy atom. The molecule has 1 N–H and O–H groups in total. The van der Waals surface area contributed by atoms with Crippen molar-refractivity contribution >= 4 is 29.2 Å². The number of hydrogen-bond acceptors (Lipinski definition) is 5. The lowest BCUT2D eigenvalue weighted by molar-refractivity contribution is 0.0526. The van der Waals surface area contributed by atoms with Crippen molar-refractivity contribution in [2.45, 2.75) is 6.92 Å². The fourth-order valence-corrected chi connectivity index (χ4v) is 2.61. The van der Waals surface area contributed by atoms with Gasteiger partial charge in [0, 0.05) is 11.8 Å². The first kappa shape index (κ1) is 17.1. The standard InChI is InChI=1S/C18H16ClNO5/c1-2-23-18(22)11-4-3-5-12(8-11)20-17(21)13-9-15-16(10-14(13)19)25-7-6-24-15/h3-5,8-10H,2,6-7H2,1H3,(H,20,21). The number of hydrogen-bond donors (Lipinski definition) is 1. The maximum absolute atomic E-state index is 12.5. The zero-order valence-corrected chi connectivity index (χ0v) is 14.3. The maximum atomic E-state index is 12.5. The van der Waals surface area contributed by atoms with Crippen LogP contribution in [0.3, 0.4) is 0 Å². The van der Waals surface area contributed by atoms with Crippen LogP contribution in [-0.4, -0.2) is 31.7 Å². The summed E-state index contributed by atoms with van der Waals surface area (Å²) in [4.78, 5) is 24.3. The number of anilines is 1. The minimum atomic E-state index is -0.448. The minimum absolute atomic E-state index is 0.253. The van der Waals surface area contributed by atoms with Crippen LogP contribution in [0.15, 0.2) is 36.4 Å². The van der Waals surface area contributed by atoms with Crippen LogP contribution in [0, 0.1) is 0 Å². The number of carbonyl (C=O) groups is 2. The molecule has 25 heavy (non-hydrogen) atoms. The van der Waals surface area contributed by atoms with Crippen LogP contribution in [0.2, 0.25) is 5.02 Å². The van der Waals surface area contributed by atoms with E-state index in [9.17, 15) is 9.59 Å². The van der Waals surface area contributed by atoms with Crippen LogP contribution in [0.25, 0.3) is 0 Å². The molecule has 0 saturated heterocycles. The van der Waals surface area contributed by atoms with Crippen molar-refractivity contribution in [3.05, 3.63) is 52.5 Å². The number of esters is 1. The SMILES string of the molecule is CCOC(=O)c1cccc(NC(=O)c2cc3c(cc2Cl)OCCO3)c1. The molecule has 1 heterocycles. The highest BCUT2D eigenvalue weighted by molar-refractivity contribution is 6.34. The van der Waals surface area contributed by atoms with Gasteiger partial charge in [-0.3, -0.25) is 4.79 Å². The van der Waals surface area contributed by atoms with Gasteiger partial charge in [0.25, 0.3) is 5.91 Å². The second-order valence-electron chi connectivity index (χ2n) is 5.23. The van der Waals surface area contributed by atoms with E-state index in [4.69, 9.17) is 25.8 Å². The van der Waals surface area contributed by atoms with Gasteiger partial charge in [-0.1, -0.05) is 17.7 Å². The van der Waals surface area contributed by atoms with Crippen molar-refractivity contribution < 1.29 is 23.8 Å². The van der Waals surface area contributed by atoms with Crippen LogP contribution < -0.4 is 14.8 Å². The van der Waals surface area contributed by atoms with E-state index in [-0.39, 0.29) is 17.2 Å². The molecule has 1 aliphatic heterocycles.